The van der Waals surface area contributed by atoms with Gasteiger partial charge in [-0.25, -0.2) is 4.39 Å². The third-order valence-electron chi connectivity index (χ3n) is 2.35. The van der Waals surface area contributed by atoms with Crippen LogP contribution in [0.15, 0.2) is 30.9 Å². The minimum atomic E-state index is -0.371. The Morgan fingerprint density at radius 1 is 1.50 bits per heavy atom. The van der Waals surface area contributed by atoms with Gasteiger partial charge in [0.25, 0.3) is 0 Å². The number of unbranched alkanes of at least 4 members (excludes halogenated alkanes) is 1. The molecule has 0 saturated heterocycles. The topological polar surface area (TPSA) is 27.0 Å². The number of halogens is 1. The average Bonchev–Trinajstić information content (AvgIpc) is 2.28. The van der Waals surface area contributed by atoms with Crippen molar-refractivity contribution in [3.63, 3.8) is 0 Å². The number of nitriles is 1. The first kappa shape index (κ1) is 12.3. The maximum absolute atomic E-state index is 13.2. The molecule has 0 aromatic heterocycles. The van der Waals surface area contributed by atoms with Crippen LogP contribution in [0.3, 0.4) is 0 Å². The van der Waals surface area contributed by atoms with Gasteiger partial charge in [0.2, 0.25) is 0 Å². The molecule has 0 radical (unpaired) electrons. The third-order valence-corrected chi connectivity index (χ3v) is 2.35. The summed E-state index contributed by atoms with van der Waals surface area (Å²) in [6, 6.07) is 6.32. The molecule has 0 bridgehead atoms. The Balaban J connectivity index is 2.75. The molecule has 1 aromatic rings. The summed E-state index contributed by atoms with van der Waals surface area (Å²) in [5.41, 5.74) is 1.09. The van der Waals surface area contributed by atoms with Gasteiger partial charge in [0.15, 0.2) is 0 Å². The maximum Gasteiger partial charge on any atom is 0.126 e. The second-order valence-corrected chi connectivity index (χ2v) is 3.66. The van der Waals surface area contributed by atoms with Gasteiger partial charge in [0.05, 0.1) is 11.6 Å². The predicted octanol–water partition coefficient (Wildman–Crippen LogP) is 3.10. The molecule has 0 saturated carbocycles. The van der Waals surface area contributed by atoms with E-state index in [1.807, 2.05) is 24.1 Å². The molecule has 1 rings (SSSR count). The molecular weight excluding hydrogens is 203 g/mol. The lowest BCUT2D eigenvalue weighted by Gasteiger charge is -2.19. The Bertz CT molecular complexity index is 407. The summed E-state index contributed by atoms with van der Waals surface area (Å²) in [5.74, 6) is -0.371. The highest BCUT2D eigenvalue weighted by molar-refractivity contribution is 5.51. The van der Waals surface area contributed by atoms with Gasteiger partial charge in [-0.05, 0) is 31.0 Å². The Kier molecular flexibility index (Phi) is 4.53. The number of allylic oxidation sites excluding steroid dienone is 1. The molecular formula is C13H15FN2. The quantitative estimate of drug-likeness (QED) is 0.561. The number of benzene rings is 1. The van der Waals surface area contributed by atoms with E-state index >= 15 is 0 Å². The van der Waals surface area contributed by atoms with E-state index in [0.717, 1.165) is 25.1 Å². The van der Waals surface area contributed by atoms with Crippen LogP contribution < -0.4 is 4.90 Å². The van der Waals surface area contributed by atoms with E-state index in [4.69, 9.17) is 5.26 Å². The molecule has 0 heterocycles. The van der Waals surface area contributed by atoms with Gasteiger partial charge in [-0.3, -0.25) is 0 Å². The zero-order chi connectivity index (χ0) is 12.0. The number of hydrogen-bond donors (Lipinski definition) is 0. The minimum absolute atomic E-state index is 0.352. The van der Waals surface area contributed by atoms with E-state index in [0.29, 0.717) is 5.56 Å². The van der Waals surface area contributed by atoms with Crippen molar-refractivity contribution in [2.45, 2.75) is 12.8 Å². The smallest absolute Gasteiger partial charge is 0.126 e. The summed E-state index contributed by atoms with van der Waals surface area (Å²) >= 11 is 0. The van der Waals surface area contributed by atoms with E-state index in [1.165, 1.54) is 12.1 Å². The van der Waals surface area contributed by atoms with Crippen molar-refractivity contribution < 1.29 is 4.39 Å². The van der Waals surface area contributed by atoms with Crippen molar-refractivity contribution in [1.82, 2.24) is 0 Å². The van der Waals surface area contributed by atoms with Gasteiger partial charge in [-0.15, -0.1) is 6.58 Å². The van der Waals surface area contributed by atoms with Crippen molar-refractivity contribution in [3.05, 3.63) is 42.2 Å². The summed E-state index contributed by atoms with van der Waals surface area (Å²) in [7, 11) is 1.89. The lowest BCUT2D eigenvalue weighted by molar-refractivity contribution is 0.626. The summed E-state index contributed by atoms with van der Waals surface area (Å²) in [6.45, 7) is 4.47. The van der Waals surface area contributed by atoms with Crippen LogP contribution in [-0.2, 0) is 0 Å². The van der Waals surface area contributed by atoms with Crippen LogP contribution >= 0.6 is 0 Å². The fourth-order valence-corrected chi connectivity index (χ4v) is 1.46. The Morgan fingerprint density at radius 3 is 2.88 bits per heavy atom. The lowest BCUT2D eigenvalue weighted by atomic mass is 10.2. The van der Waals surface area contributed by atoms with Crippen LogP contribution in [0.4, 0.5) is 10.1 Å². The van der Waals surface area contributed by atoms with Crippen molar-refractivity contribution in [2.75, 3.05) is 18.5 Å². The number of nitrogens with zero attached hydrogens (tertiary/aromatic N) is 2. The zero-order valence-corrected chi connectivity index (χ0v) is 9.41. The molecule has 0 aliphatic carbocycles. The first-order valence-electron chi connectivity index (χ1n) is 5.20. The normalized spacial score (nSPS) is 9.56. The first-order chi connectivity index (χ1) is 7.67. The molecule has 0 unspecified atom stereocenters. The Labute approximate surface area is 95.6 Å². The molecule has 0 amide bonds. The summed E-state index contributed by atoms with van der Waals surface area (Å²) in [4.78, 5) is 1.94. The van der Waals surface area contributed by atoms with Crippen LogP contribution in [0, 0.1) is 17.1 Å². The van der Waals surface area contributed by atoms with Crippen LogP contribution in [0.1, 0.15) is 18.4 Å². The van der Waals surface area contributed by atoms with Crippen LogP contribution in [-0.4, -0.2) is 13.6 Å². The lowest BCUT2D eigenvalue weighted by Crippen LogP contribution is -2.18. The molecule has 0 aliphatic rings. The molecule has 0 fully saturated rings. The molecule has 0 atom stereocenters. The van der Waals surface area contributed by atoms with Gasteiger partial charge in [0.1, 0.15) is 5.82 Å². The van der Waals surface area contributed by atoms with Crippen LogP contribution in [0.5, 0.6) is 0 Å². The molecule has 3 heteroatoms. The summed E-state index contributed by atoms with van der Waals surface area (Å²) in [5, 5.41) is 8.73. The maximum atomic E-state index is 13.2. The summed E-state index contributed by atoms with van der Waals surface area (Å²) in [6.07, 6.45) is 3.77. The third kappa shape index (κ3) is 3.39. The number of anilines is 1. The van der Waals surface area contributed by atoms with Crippen molar-refractivity contribution in [3.8, 4) is 6.07 Å². The van der Waals surface area contributed by atoms with Crippen molar-refractivity contribution in [2.24, 2.45) is 0 Å². The number of hydrogen-bond acceptors (Lipinski definition) is 2. The summed E-state index contributed by atoms with van der Waals surface area (Å²) < 4.78 is 13.2. The molecule has 1 aromatic carbocycles. The Hall–Kier alpha value is -1.82. The molecule has 84 valence electrons. The SMILES string of the molecule is C=CCCCN(C)c1cc(F)cc(C#N)c1. The van der Waals surface area contributed by atoms with Crippen molar-refractivity contribution >= 4 is 5.69 Å². The molecule has 0 aliphatic heterocycles. The molecule has 2 nitrogen and oxygen atoms in total. The van der Waals surface area contributed by atoms with E-state index < -0.39 is 0 Å². The standard InChI is InChI=1S/C13H15FN2/c1-3-4-5-6-16(2)13-8-11(10-15)7-12(14)9-13/h3,7-9H,1,4-6H2,2H3. The van der Waals surface area contributed by atoms with Gasteiger partial charge in [-0.2, -0.15) is 5.26 Å². The molecule has 0 N–H and O–H groups in total. The molecule has 0 spiro atoms. The highest BCUT2D eigenvalue weighted by Gasteiger charge is 2.04. The Morgan fingerprint density at radius 2 is 2.25 bits per heavy atom. The zero-order valence-electron chi connectivity index (χ0n) is 9.41. The van der Waals surface area contributed by atoms with Gasteiger partial charge in [-0.1, -0.05) is 6.08 Å². The largest absolute Gasteiger partial charge is 0.374 e. The van der Waals surface area contributed by atoms with E-state index in [-0.39, 0.29) is 5.82 Å². The first-order valence-corrected chi connectivity index (χ1v) is 5.20. The van der Waals surface area contributed by atoms with Crippen LogP contribution in [0.2, 0.25) is 0 Å². The van der Waals surface area contributed by atoms with Crippen molar-refractivity contribution in [1.29, 1.82) is 5.26 Å². The van der Waals surface area contributed by atoms with Gasteiger partial charge >= 0.3 is 0 Å². The van der Waals surface area contributed by atoms with Gasteiger partial charge in [0, 0.05) is 19.3 Å². The van der Waals surface area contributed by atoms with E-state index in [9.17, 15) is 4.39 Å². The van der Waals surface area contributed by atoms with E-state index in [1.54, 1.807) is 6.07 Å². The minimum Gasteiger partial charge on any atom is -0.374 e. The second kappa shape index (κ2) is 5.92. The molecule has 16 heavy (non-hydrogen) atoms. The predicted molar refractivity (Wildman–Crippen MR) is 63.8 cm³/mol. The van der Waals surface area contributed by atoms with Crippen LogP contribution in [0.25, 0.3) is 0 Å². The van der Waals surface area contributed by atoms with Gasteiger partial charge < -0.3 is 4.90 Å². The van der Waals surface area contributed by atoms with E-state index in [2.05, 4.69) is 6.58 Å². The fraction of sp³-hybridized carbons (Fsp3) is 0.308. The highest BCUT2D eigenvalue weighted by Crippen LogP contribution is 2.17. The highest BCUT2D eigenvalue weighted by atomic mass is 19.1. The monoisotopic (exact) mass is 218 g/mol. The average molecular weight is 218 g/mol. The fourth-order valence-electron chi connectivity index (χ4n) is 1.46. The second-order valence-electron chi connectivity index (χ2n) is 3.66. The number of rotatable bonds is 5.